The average Bonchev–Trinajstić information content (AvgIpc) is 2.18. The second-order valence-corrected chi connectivity index (χ2v) is 9.13. The molecule has 0 amide bonds. The number of hydrogen-bond acceptors (Lipinski definition) is 3. The fourth-order valence-corrected chi connectivity index (χ4v) is 3.42. The lowest BCUT2D eigenvalue weighted by atomic mass is 9.80. The maximum absolute atomic E-state index is 12.0. The van der Waals surface area contributed by atoms with Crippen LogP contribution >= 0.6 is 0 Å². The molecule has 0 saturated heterocycles. The third-order valence-electron chi connectivity index (χ3n) is 3.69. The highest BCUT2D eigenvalue weighted by atomic mass is 32.2. The summed E-state index contributed by atoms with van der Waals surface area (Å²) < 4.78 is 23.2. The number of sulfone groups is 1. The lowest BCUT2D eigenvalue weighted by molar-refractivity contribution is -0.125. The first kappa shape index (κ1) is 14.7. The lowest BCUT2D eigenvalue weighted by Gasteiger charge is -2.27. The zero-order chi connectivity index (χ0) is 13.3. The number of rotatable bonds is 3. The summed E-state index contributed by atoms with van der Waals surface area (Å²) in [6, 6.07) is 0. The quantitative estimate of drug-likeness (QED) is 0.783. The van der Waals surface area contributed by atoms with E-state index in [0.717, 1.165) is 12.8 Å². The van der Waals surface area contributed by atoms with Crippen molar-refractivity contribution >= 4 is 15.6 Å². The first-order valence-electron chi connectivity index (χ1n) is 6.38. The molecule has 0 aliphatic heterocycles. The molecule has 0 heterocycles. The first-order chi connectivity index (χ1) is 7.63. The van der Waals surface area contributed by atoms with Crippen LogP contribution in [0.1, 0.15) is 53.4 Å². The van der Waals surface area contributed by atoms with E-state index in [1.165, 1.54) is 0 Å². The van der Waals surface area contributed by atoms with Crippen LogP contribution in [-0.2, 0) is 14.6 Å². The van der Waals surface area contributed by atoms with E-state index in [0.29, 0.717) is 18.8 Å². The Kier molecular flexibility index (Phi) is 4.39. The molecule has 1 fully saturated rings. The van der Waals surface area contributed by atoms with Crippen molar-refractivity contribution in [3.8, 4) is 0 Å². The molecule has 4 heteroatoms. The molecule has 0 bridgehead atoms. The summed E-state index contributed by atoms with van der Waals surface area (Å²) in [5.74, 6) is 0.915. The van der Waals surface area contributed by atoms with Gasteiger partial charge in [-0.25, -0.2) is 8.42 Å². The van der Waals surface area contributed by atoms with Gasteiger partial charge in [0.2, 0.25) is 0 Å². The third kappa shape index (κ3) is 3.80. The summed E-state index contributed by atoms with van der Waals surface area (Å²) in [5, 5.41) is 0. The summed E-state index contributed by atoms with van der Waals surface area (Å²) in [5.41, 5.74) is 0. The van der Waals surface area contributed by atoms with Crippen LogP contribution in [0.5, 0.6) is 0 Å². The van der Waals surface area contributed by atoms with Gasteiger partial charge >= 0.3 is 0 Å². The molecule has 1 aliphatic rings. The van der Waals surface area contributed by atoms with Crippen molar-refractivity contribution in [1.82, 2.24) is 0 Å². The van der Waals surface area contributed by atoms with Gasteiger partial charge in [0.05, 0.1) is 10.5 Å². The van der Waals surface area contributed by atoms with Gasteiger partial charge < -0.3 is 0 Å². The summed E-state index contributed by atoms with van der Waals surface area (Å²) >= 11 is 0. The molecule has 0 aromatic carbocycles. The highest BCUT2D eigenvalue weighted by Gasteiger charge is 2.32. The van der Waals surface area contributed by atoms with E-state index >= 15 is 0 Å². The van der Waals surface area contributed by atoms with Gasteiger partial charge in [-0.3, -0.25) is 4.79 Å². The maximum atomic E-state index is 12.0. The van der Waals surface area contributed by atoms with Crippen LogP contribution in [0, 0.1) is 11.8 Å². The predicted molar refractivity (Wildman–Crippen MR) is 69.7 cm³/mol. The van der Waals surface area contributed by atoms with Crippen molar-refractivity contribution < 1.29 is 13.2 Å². The van der Waals surface area contributed by atoms with Crippen LogP contribution in [0.4, 0.5) is 0 Å². The van der Waals surface area contributed by atoms with Crippen LogP contribution < -0.4 is 0 Å². The monoisotopic (exact) mass is 260 g/mol. The van der Waals surface area contributed by atoms with Gasteiger partial charge in [-0.1, -0.05) is 6.92 Å². The smallest absolute Gasteiger partial charge is 0.155 e. The topological polar surface area (TPSA) is 51.2 Å². The summed E-state index contributed by atoms with van der Waals surface area (Å²) in [4.78, 5) is 11.7. The third-order valence-corrected chi connectivity index (χ3v) is 6.33. The highest BCUT2D eigenvalue weighted by molar-refractivity contribution is 7.92. The van der Waals surface area contributed by atoms with Crippen molar-refractivity contribution in [2.45, 2.75) is 58.1 Å². The van der Waals surface area contributed by atoms with E-state index in [9.17, 15) is 13.2 Å². The molecule has 3 nitrogen and oxygen atoms in total. The number of carbonyl (C=O) groups is 1. The standard InChI is InChI=1S/C13H24O3S/c1-10-5-6-12(14)11(9-10)7-8-17(15,16)13(2,3)4/h10-11H,5-9H2,1-4H3. The molecule has 0 radical (unpaired) electrons. The Morgan fingerprint density at radius 1 is 1.29 bits per heavy atom. The molecule has 1 saturated carbocycles. The largest absolute Gasteiger partial charge is 0.299 e. The van der Waals surface area contributed by atoms with Crippen molar-refractivity contribution in [1.29, 1.82) is 0 Å². The van der Waals surface area contributed by atoms with Crippen molar-refractivity contribution in [2.24, 2.45) is 11.8 Å². The second kappa shape index (κ2) is 5.09. The van der Waals surface area contributed by atoms with E-state index in [2.05, 4.69) is 6.92 Å². The second-order valence-electron chi connectivity index (χ2n) is 6.26. The van der Waals surface area contributed by atoms with E-state index < -0.39 is 14.6 Å². The molecule has 0 aromatic heterocycles. The number of carbonyl (C=O) groups excluding carboxylic acids is 1. The minimum atomic E-state index is -3.09. The molecule has 0 aromatic rings. The molecule has 2 unspecified atom stereocenters. The van der Waals surface area contributed by atoms with E-state index in [-0.39, 0.29) is 17.5 Å². The maximum Gasteiger partial charge on any atom is 0.155 e. The average molecular weight is 260 g/mol. The van der Waals surface area contributed by atoms with E-state index in [1.807, 2.05) is 0 Å². The van der Waals surface area contributed by atoms with Crippen molar-refractivity contribution in [2.75, 3.05) is 5.75 Å². The van der Waals surface area contributed by atoms with Gasteiger partial charge in [0.1, 0.15) is 5.78 Å². The molecular formula is C13H24O3S. The van der Waals surface area contributed by atoms with E-state index in [4.69, 9.17) is 0 Å². The number of hydrogen-bond donors (Lipinski definition) is 0. The van der Waals surface area contributed by atoms with Crippen LogP contribution in [0.3, 0.4) is 0 Å². The molecule has 0 spiro atoms. The van der Waals surface area contributed by atoms with Crippen molar-refractivity contribution in [3.05, 3.63) is 0 Å². The van der Waals surface area contributed by atoms with Gasteiger partial charge in [-0.05, 0) is 46.0 Å². The normalized spacial score (nSPS) is 27.2. The Balaban J connectivity index is 2.59. The Bertz CT molecular complexity index is 376. The van der Waals surface area contributed by atoms with Gasteiger partial charge in [-0.2, -0.15) is 0 Å². The Morgan fingerprint density at radius 2 is 1.88 bits per heavy atom. The Morgan fingerprint density at radius 3 is 2.41 bits per heavy atom. The van der Waals surface area contributed by atoms with Crippen LogP contribution in [0.25, 0.3) is 0 Å². The van der Waals surface area contributed by atoms with Crippen LogP contribution in [0.2, 0.25) is 0 Å². The number of ketones is 1. The lowest BCUT2D eigenvalue weighted by Crippen LogP contribution is -2.33. The molecule has 1 aliphatic carbocycles. The minimum Gasteiger partial charge on any atom is -0.299 e. The van der Waals surface area contributed by atoms with Gasteiger partial charge in [0.25, 0.3) is 0 Å². The fourth-order valence-electron chi connectivity index (χ4n) is 2.21. The summed E-state index contributed by atoms with van der Waals surface area (Å²) in [6.07, 6.45) is 2.95. The van der Waals surface area contributed by atoms with Crippen LogP contribution in [-0.4, -0.2) is 24.7 Å². The minimum absolute atomic E-state index is 0.0316. The van der Waals surface area contributed by atoms with Crippen molar-refractivity contribution in [3.63, 3.8) is 0 Å². The fraction of sp³-hybridized carbons (Fsp3) is 0.923. The molecule has 2 atom stereocenters. The van der Waals surface area contributed by atoms with Gasteiger partial charge in [0, 0.05) is 12.3 Å². The van der Waals surface area contributed by atoms with E-state index in [1.54, 1.807) is 20.8 Å². The zero-order valence-corrected chi connectivity index (χ0v) is 12.1. The molecule has 17 heavy (non-hydrogen) atoms. The first-order valence-corrected chi connectivity index (χ1v) is 8.04. The van der Waals surface area contributed by atoms with Gasteiger partial charge in [-0.15, -0.1) is 0 Å². The highest BCUT2D eigenvalue weighted by Crippen LogP contribution is 2.29. The Labute approximate surface area is 105 Å². The molecule has 1 rings (SSSR count). The molecule has 0 N–H and O–H groups in total. The molecule has 100 valence electrons. The van der Waals surface area contributed by atoms with Gasteiger partial charge in [0.15, 0.2) is 9.84 Å². The zero-order valence-electron chi connectivity index (χ0n) is 11.3. The Hall–Kier alpha value is -0.380. The predicted octanol–water partition coefficient (Wildman–Crippen LogP) is 2.60. The number of Topliss-reactive ketones (excluding diaryl/α,β-unsaturated/α-hetero) is 1. The SMILES string of the molecule is CC1CCC(=O)C(CCS(=O)(=O)C(C)(C)C)C1. The summed E-state index contributed by atoms with van der Waals surface area (Å²) in [7, 11) is -3.09. The van der Waals surface area contributed by atoms with Crippen LogP contribution in [0.15, 0.2) is 0 Å². The molecular weight excluding hydrogens is 236 g/mol. The summed E-state index contributed by atoms with van der Waals surface area (Å²) in [6.45, 7) is 7.28.